The van der Waals surface area contributed by atoms with Crippen molar-refractivity contribution in [2.24, 2.45) is 0 Å². The molecule has 1 unspecified atom stereocenters. The maximum atomic E-state index is 12.3. The van der Waals surface area contributed by atoms with E-state index in [-0.39, 0.29) is 6.03 Å². The number of carbonyl (C=O) groups excluding carboxylic acids is 1. The summed E-state index contributed by atoms with van der Waals surface area (Å²) in [5.74, 6) is 0. The third kappa shape index (κ3) is 4.46. The molecule has 1 aromatic rings. The summed E-state index contributed by atoms with van der Waals surface area (Å²) in [6.07, 6.45) is 3.44. The van der Waals surface area contributed by atoms with Crippen LogP contribution in [0.2, 0.25) is 0 Å². The fourth-order valence-electron chi connectivity index (χ4n) is 2.75. The summed E-state index contributed by atoms with van der Waals surface area (Å²) in [4.78, 5) is 14.2. The van der Waals surface area contributed by atoms with E-state index in [4.69, 9.17) is 4.74 Å². The van der Waals surface area contributed by atoms with Crippen LogP contribution in [0.4, 0.5) is 4.79 Å². The fraction of sp³-hybridized carbons (Fsp3) is 0.588. The van der Waals surface area contributed by atoms with Gasteiger partial charge in [-0.3, -0.25) is 0 Å². The largest absolute Gasteiger partial charge is 0.377 e. The molecule has 1 saturated heterocycles. The maximum absolute atomic E-state index is 12.3. The highest BCUT2D eigenvalue weighted by atomic mass is 16.5. The number of nitrogens with zero attached hydrogens (tertiary/aromatic N) is 1. The lowest BCUT2D eigenvalue weighted by Crippen LogP contribution is -2.47. The Kier molecular flexibility index (Phi) is 6.05. The second-order valence-corrected chi connectivity index (χ2v) is 5.60. The molecular weight excluding hydrogens is 264 g/mol. The molecule has 4 nitrogen and oxygen atoms in total. The van der Waals surface area contributed by atoms with Gasteiger partial charge >= 0.3 is 6.03 Å². The first kappa shape index (κ1) is 15.8. The van der Waals surface area contributed by atoms with E-state index in [9.17, 15) is 4.79 Å². The quantitative estimate of drug-likeness (QED) is 0.904. The van der Waals surface area contributed by atoms with E-state index in [1.165, 1.54) is 6.42 Å². The number of urea groups is 1. The number of ether oxygens (including phenoxy) is 1. The van der Waals surface area contributed by atoms with E-state index in [1.807, 2.05) is 30.0 Å². The van der Waals surface area contributed by atoms with Crippen LogP contribution in [-0.4, -0.2) is 30.1 Å². The van der Waals surface area contributed by atoms with Crippen molar-refractivity contribution >= 4 is 6.03 Å². The zero-order chi connectivity index (χ0) is 15.1. The highest BCUT2D eigenvalue weighted by Crippen LogP contribution is 2.16. The molecule has 2 rings (SSSR count). The average Bonchev–Trinajstić information content (AvgIpc) is 2.52. The lowest BCUT2D eigenvalue weighted by atomic mass is 10.0. The summed E-state index contributed by atoms with van der Waals surface area (Å²) in [7, 11) is 0. The Morgan fingerprint density at radius 1 is 1.33 bits per heavy atom. The van der Waals surface area contributed by atoms with Gasteiger partial charge in [-0.1, -0.05) is 24.3 Å². The van der Waals surface area contributed by atoms with Crippen molar-refractivity contribution in [2.75, 3.05) is 13.2 Å². The molecule has 21 heavy (non-hydrogen) atoms. The van der Waals surface area contributed by atoms with E-state index in [0.717, 1.165) is 30.5 Å². The van der Waals surface area contributed by atoms with Gasteiger partial charge in [0.25, 0.3) is 0 Å². The van der Waals surface area contributed by atoms with Gasteiger partial charge < -0.3 is 15.0 Å². The molecule has 1 fully saturated rings. The minimum Gasteiger partial charge on any atom is -0.377 e. The van der Waals surface area contributed by atoms with Gasteiger partial charge in [0.05, 0.1) is 6.61 Å². The summed E-state index contributed by atoms with van der Waals surface area (Å²) in [6.45, 7) is 6.84. The fourth-order valence-corrected chi connectivity index (χ4v) is 2.75. The van der Waals surface area contributed by atoms with Gasteiger partial charge in [0.1, 0.15) is 0 Å². The van der Waals surface area contributed by atoms with Crippen LogP contribution in [0.25, 0.3) is 0 Å². The molecule has 1 heterocycles. The Morgan fingerprint density at radius 2 is 2.10 bits per heavy atom. The van der Waals surface area contributed by atoms with Crippen molar-refractivity contribution in [1.82, 2.24) is 10.2 Å². The number of piperidine rings is 1. The number of rotatable bonds is 5. The van der Waals surface area contributed by atoms with Crippen molar-refractivity contribution in [2.45, 2.75) is 52.3 Å². The number of carbonyl (C=O) groups is 1. The normalized spacial score (nSPS) is 18.6. The molecule has 1 aliphatic heterocycles. The molecule has 0 bridgehead atoms. The van der Waals surface area contributed by atoms with Crippen LogP contribution in [0.1, 0.15) is 44.2 Å². The molecular formula is C17H26N2O2. The lowest BCUT2D eigenvalue weighted by Gasteiger charge is -2.33. The molecule has 0 aromatic heterocycles. The highest BCUT2D eigenvalue weighted by Gasteiger charge is 2.22. The van der Waals surface area contributed by atoms with E-state index >= 15 is 0 Å². The lowest BCUT2D eigenvalue weighted by molar-refractivity contribution is 0.133. The van der Waals surface area contributed by atoms with Crippen molar-refractivity contribution in [1.29, 1.82) is 0 Å². The molecule has 0 saturated carbocycles. The molecule has 1 N–H and O–H groups in total. The van der Waals surface area contributed by atoms with Crippen LogP contribution in [0.3, 0.4) is 0 Å². The van der Waals surface area contributed by atoms with Gasteiger partial charge in [-0.15, -0.1) is 0 Å². The summed E-state index contributed by atoms with van der Waals surface area (Å²) in [6, 6.07) is 8.51. The van der Waals surface area contributed by atoms with Crippen molar-refractivity contribution in [3.8, 4) is 0 Å². The first-order chi connectivity index (χ1) is 10.2. The monoisotopic (exact) mass is 290 g/mol. The number of benzene rings is 1. The van der Waals surface area contributed by atoms with Gasteiger partial charge in [0.2, 0.25) is 0 Å². The Labute approximate surface area is 127 Å². The second-order valence-electron chi connectivity index (χ2n) is 5.60. The van der Waals surface area contributed by atoms with Gasteiger partial charge in [0, 0.05) is 25.7 Å². The zero-order valence-corrected chi connectivity index (χ0v) is 13.1. The molecule has 1 aromatic carbocycles. The third-order valence-corrected chi connectivity index (χ3v) is 4.07. The average molecular weight is 290 g/mol. The molecule has 0 spiro atoms. The first-order valence-electron chi connectivity index (χ1n) is 7.91. The molecule has 0 radical (unpaired) electrons. The van der Waals surface area contributed by atoms with Crippen molar-refractivity contribution < 1.29 is 9.53 Å². The Balaban J connectivity index is 1.91. The number of likely N-dealkylation sites (tertiary alicyclic amines) is 1. The van der Waals surface area contributed by atoms with E-state index in [2.05, 4.69) is 18.3 Å². The standard InChI is InChI=1S/C17H26N2O2/c1-3-21-13-16-10-5-4-9-15(16)12-18-17(20)19-11-7-6-8-14(19)2/h4-5,9-10,14H,3,6-8,11-13H2,1-2H3,(H,18,20). The molecule has 4 heteroatoms. The van der Waals surface area contributed by atoms with E-state index in [1.54, 1.807) is 0 Å². The number of hydrogen-bond acceptors (Lipinski definition) is 2. The van der Waals surface area contributed by atoms with Crippen molar-refractivity contribution in [3.05, 3.63) is 35.4 Å². The highest BCUT2D eigenvalue weighted by molar-refractivity contribution is 5.74. The smallest absolute Gasteiger partial charge is 0.317 e. The summed E-state index contributed by atoms with van der Waals surface area (Å²) >= 11 is 0. The number of amides is 2. The van der Waals surface area contributed by atoms with Crippen LogP contribution in [0.5, 0.6) is 0 Å². The molecule has 116 valence electrons. The van der Waals surface area contributed by atoms with Crippen LogP contribution in [0, 0.1) is 0 Å². The van der Waals surface area contributed by atoms with Crippen LogP contribution >= 0.6 is 0 Å². The van der Waals surface area contributed by atoms with E-state index in [0.29, 0.717) is 25.8 Å². The second kappa shape index (κ2) is 8.03. The summed E-state index contributed by atoms with van der Waals surface area (Å²) < 4.78 is 5.48. The zero-order valence-electron chi connectivity index (χ0n) is 13.1. The molecule has 2 amide bonds. The predicted molar refractivity (Wildman–Crippen MR) is 84.0 cm³/mol. The van der Waals surface area contributed by atoms with Gasteiger partial charge in [-0.05, 0) is 44.2 Å². The van der Waals surface area contributed by atoms with Gasteiger partial charge in [-0.25, -0.2) is 4.79 Å². The van der Waals surface area contributed by atoms with Crippen LogP contribution in [0.15, 0.2) is 24.3 Å². The first-order valence-corrected chi connectivity index (χ1v) is 7.91. The van der Waals surface area contributed by atoms with Crippen molar-refractivity contribution in [3.63, 3.8) is 0 Å². The number of hydrogen-bond donors (Lipinski definition) is 1. The molecule has 1 aliphatic rings. The summed E-state index contributed by atoms with van der Waals surface area (Å²) in [5, 5.41) is 3.05. The Hall–Kier alpha value is -1.55. The van der Waals surface area contributed by atoms with E-state index < -0.39 is 0 Å². The van der Waals surface area contributed by atoms with Gasteiger partial charge in [-0.2, -0.15) is 0 Å². The minimum atomic E-state index is 0.0495. The Morgan fingerprint density at radius 3 is 2.81 bits per heavy atom. The summed E-state index contributed by atoms with van der Waals surface area (Å²) in [5.41, 5.74) is 2.27. The minimum absolute atomic E-state index is 0.0495. The number of nitrogens with one attached hydrogen (secondary N) is 1. The molecule has 0 aliphatic carbocycles. The molecule has 1 atom stereocenters. The van der Waals surface area contributed by atoms with Gasteiger partial charge in [0.15, 0.2) is 0 Å². The maximum Gasteiger partial charge on any atom is 0.317 e. The topological polar surface area (TPSA) is 41.6 Å². The third-order valence-electron chi connectivity index (χ3n) is 4.07. The SMILES string of the molecule is CCOCc1ccccc1CNC(=O)N1CCCCC1C. The van der Waals surface area contributed by atoms with Crippen LogP contribution in [-0.2, 0) is 17.9 Å². The Bertz CT molecular complexity index is 462. The predicted octanol–water partition coefficient (Wildman–Crippen LogP) is 3.31. The van der Waals surface area contributed by atoms with Crippen LogP contribution < -0.4 is 5.32 Å².